The van der Waals surface area contributed by atoms with Crippen LogP contribution in [0.15, 0.2) is 16.7 Å². The molecule has 1 aliphatic heterocycles. The van der Waals surface area contributed by atoms with Gasteiger partial charge in [-0.3, -0.25) is 0 Å². The summed E-state index contributed by atoms with van der Waals surface area (Å²) in [6.45, 7) is 7.78. The van der Waals surface area contributed by atoms with Crippen molar-refractivity contribution in [2.75, 3.05) is 31.6 Å². The van der Waals surface area contributed by atoms with Crippen molar-refractivity contribution in [2.45, 2.75) is 26.3 Å². The van der Waals surface area contributed by atoms with Gasteiger partial charge in [-0.1, -0.05) is 0 Å². The lowest BCUT2D eigenvalue weighted by Crippen LogP contribution is -2.38. The lowest BCUT2D eigenvalue weighted by atomic mass is 10.2. The summed E-state index contributed by atoms with van der Waals surface area (Å²) in [6, 6.07) is 2.70. The number of aryl methyl sites for hydroxylation is 1. The quantitative estimate of drug-likeness (QED) is 0.794. The van der Waals surface area contributed by atoms with Crippen molar-refractivity contribution >= 4 is 21.7 Å². The lowest BCUT2D eigenvalue weighted by molar-refractivity contribution is 0.337. The predicted octanol–water partition coefficient (Wildman–Crippen LogP) is 2.68. The third kappa shape index (κ3) is 2.99. The molecule has 0 N–H and O–H groups in total. The Morgan fingerprint density at radius 3 is 2.88 bits per heavy atom. The second-order valence-corrected chi connectivity index (χ2v) is 5.80. The molecule has 2 heterocycles. The number of nitrogens with zero attached hydrogens (tertiary/aromatic N) is 3. The van der Waals surface area contributed by atoms with Gasteiger partial charge in [0, 0.05) is 29.8 Å². The maximum atomic E-state index is 4.54. The highest BCUT2D eigenvalue weighted by Crippen LogP contribution is 2.22. The highest BCUT2D eigenvalue weighted by molar-refractivity contribution is 9.10. The normalized spacial score (nSPS) is 22.6. The highest BCUT2D eigenvalue weighted by atomic mass is 79.9. The molecule has 0 spiro atoms. The molecule has 1 saturated heterocycles. The molecule has 0 saturated carbocycles. The zero-order valence-electron chi connectivity index (χ0n) is 10.8. The fourth-order valence-corrected chi connectivity index (χ4v) is 2.61. The fraction of sp³-hybridized carbons (Fsp3) is 0.615. The van der Waals surface area contributed by atoms with Crippen LogP contribution in [0.1, 0.15) is 18.9 Å². The van der Waals surface area contributed by atoms with E-state index in [0.29, 0.717) is 6.04 Å². The monoisotopic (exact) mass is 297 g/mol. The molecule has 0 bridgehead atoms. The van der Waals surface area contributed by atoms with Gasteiger partial charge in [0.15, 0.2) is 0 Å². The average Bonchev–Trinajstić information content (AvgIpc) is 2.43. The molecular weight excluding hydrogens is 278 g/mol. The molecular formula is C13H20BrN3. The average molecular weight is 298 g/mol. The van der Waals surface area contributed by atoms with Crippen molar-refractivity contribution in [3.63, 3.8) is 0 Å². The third-order valence-electron chi connectivity index (χ3n) is 3.37. The summed E-state index contributed by atoms with van der Waals surface area (Å²) in [6.07, 6.45) is 3.11. The van der Waals surface area contributed by atoms with Crippen LogP contribution in [-0.2, 0) is 0 Å². The van der Waals surface area contributed by atoms with E-state index in [1.165, 1.54) is 18.5 Å². The molecule has 1 unspecified atom stereocenters. The largest absolute Gasteiger partial charge is 0.353 e. The van der Waals surface area contributed by atoms with Gasteiger partial charge in [-0.2, -0.15) is 0 Å². The van der Waals surface area contributed by atoms with Gasteiger partial charge < -0.3 is 9.80 Å². The Morgan fingerprint density at radius 2 is 2.18 bits per heavy atom. The van der Waals surface area contributed by atoms with Crippen molar-refractivity contribution < 1.29 is 0 Å². The van der Waals surface area contributed by atoms with Crippen LogP contribution in [0, 0.1) is 6.92 Å². The number of rotatable bonds is 1. The minimum Gasteiger partial charge on any atom is -0.353 e. The smallest absolute Gasteiger partial charge is 0.129 e. The van der Waals surface area contributed by atoms with Gasteiger partial charge >= 0.3 is 0 Å². The van der Waals surface area contributed by atoms with Crippen LogP contribution in [0.5, 0.6) is 0 Å². The fourth-order valence-electron chi connectivity index (χ4n) is 2.39. The summed E-state index contributed by atoms with van der Waals surface area (Å²) >= 11 is 3.50. The van der Waals surface area contributed by atoms with E-state index in [1.807, 2.05) is 6.20 Å². The van der Waals surface area contributed by atoms with Crippen molar-refractivity contribution in [2.24, 2.45) is 0 Å². The summed E-state index contributed by atoms with van der Waals surface area (Å²) < 4.78 is 1.08. The maximum absolute atomic E-state index is 4.54. The SMILES string of the molecule is Cc1cc(N2CCCN(C)CC2C)ncc1Br. The number of hydrogen-bond donors (Lipinski definition) is 0. The van der Waals surface area contributed by atoms with E-state index in [2.05, 4.69) is 57.7 Å². The Balaban J connectivity index is 2.22. The molecule has 1 aromatic rings. The lowest BCUT2D eigenvalue weighted by Gasteiger charge is -2.29. The number of likely N-dealkylation sites (N-methyl/N-ethyl adjacent to an activating group) is 1. The number of hydrogen-bond acceptors (Lipinski definition) is 3. The molecule has 4 heteroatoms. The van der Waals surface area contributed by atoms with E-state index < -0.39 is 0 Å². The molecule has 1 atom stereocenters. The van der Waals surface area contributed by atoms with Crippen LogP contribution in [0.2, 0.25) is 0 Å². The number of aromatic nitrogens is 1. The van der Waals surface area contributed by atoms with Gasteiger partial charge in [0.25, 0.3) is 0 Å². The summed E-state index contributed by atoms with van der Waals surface area (Å²) in [5, 5.41) is 0. The highest BCUT2D eigenvalue weighted by Gasteiger charge is 2.20. The molecule has 0 aliphatic carbocycles. The van der Waals surface area contributed by atoms with Gasteiger partial charge in [0.1, 0.15) is 5.82 Å². The Morgan fingerprint density at radius 1 is 1.41 bits per heavy atom. The number of anilines is 1. The number of pyridine rings is 1. The maximum Gasteiger partial charge on any atom is 0.129 e. The molecule has 0 radical (unpaired) electrons. The molecule has 3 nitrogen and oxygen atoms in total. The van der Waals surface area contributed by atoms with Crippen molar-refractivity contribution in [3.05, 3.63) is 22.3 Å². The van der Waals surface area contributed by atoms with Crippen molar-refractivity contribution in [1.82, 2.24) is 9.88 Å². The molecule has 1 aliphatic rings. The first-order valence-corrected chi connectivity index (χ1v) is 6.94. The van der Waals surface area contributed by atoms with E-state index in [0.717, 1.165) is 23.4 Å². The molecule has 94 valence electrons. The van der Waals surface area contributed by atoms with Crippen LogP contribution in [-0.4, -0.2) is 42.6 Å². The second-order valence-electron chi connectivity index (χ2n) is 4.95. The van der Waals surface area contributed by atoms with Gasteiger partial charge in [0.2, 0.25) is 0 Å². The van der Waals surface area contributed by atoms with Crippen molar-refractivity contribution in [3.8, 4) is 0 Å². The Labute approximate surface area is 112 Å². The number of halogens is 1. The molecule has 1 fully saturated rings. The minimum atomic E-state index is 0.524. The second kappa shape index (κ2) is 5.36. The summed E-state index contributed by atoms with van der Waals surface area (Å²) in [5.41, 5.74) is 1.25. The van der Waals surface area contributed by atoms with E-state index in [-0.39, 0.29) is 0 Å². The summed E-state index contributed by atoms with van der Waals surface area (Å²) in [5.74, 6) is 1.11. The van der Waals surface area contributed by atoms with Crippen LogP contribution in [0.4, 0.5) is 5.82 Å². The Kier molecular flexibility index (Phi) is 4.05. The first-order chi connectivity index (χ1) is 8.08. The zero-order valence-corrected chi connectivity index (χ0v) is 12.4. The molecule has 0 aromatic carbocycles. The van der Waals surface area contributed by atoms with Crippen molar-refractivity contribution in [1.29, 1.82) is 0 Å². The molecule has 17 heavy (non-hydrogen) atoms. The van der Waals surface area contributed by atoms with E-state index in [9.17, 15) is 0 Å². The zero-order chi connectivity index (χ0) is 12.4. The van der Waals surface area contributed by atoms with E-state index in [1.54, 1.807) is 0 Å². The van der Waals surface area contributed by atoms with Gasteiger partial charge in [0.05, 0.1) is 0 Å². The molecule has 2 rings (SSSR count). The van der Waals surface area contributed by atoms with E-state index in [4.69, 9.17) is 0 Å². The third-order valence-corrected chi connectivity index (χ3v) is 4.20. The standard InChI is InChI=1S/C13H20BrN3/c1-10-7-13(15-8-12(10)14)17-6-4-5-16(3)9-11(17)2/h7-8,11H,4-6,9H2,1-3H3. The first kappa shape index (κ1) is 12.8. The first-order valence-electron chi connectivity index (χ1n) is 6.15. The summed E-state index contributed by atoms with van der Waals surface area (Å²) in [7, 11) is 2.19. The Bertz CT molecular complexity index is 394. The topological polar surface area (TPSA) is 19.4 Å². The summed E-state index contributed by atoms with van der Waals surface area (Å²) in [4.78, 5) is 9.36. The van der Waals surface area contributed by atoms with Crippen LogP contribution >= 0.6 is 15.9 Å². The van der Waals surface area contributed by atoms with Gasteiger partial charge in [-0.25, -0.2) is 4.98 Å². The molecule has 1 aromatic heterocycles. The Hall–Kier alpha value is -0.610. The molecule has 0 amide bonds. The van der Waals surface area contributed by atoms with Crippen LogP contribution in [0.25, 0.3) is 0 Å². The van der Waals surface area contributed by atoms with Crippen LogP contribution in [0.3, 0.4) is 0 Å². The predicted molar refractivity (Wildman–Crippen MR) is 75.6 cm³/mol. The van der Waals surface area contributed by atoms with Gasteiger partial charge in [-0.05, 0) is 61.4 Å². The minimum absolute atomic E-state index is 0.524. The van der Waals surface area contributed by atoms with Crippen LogP contribution < -0.4 is 4.90 Å². The van der Waals surface area contributed by atoms with Gasteiger partial charge in [-0.15, -0.1) is 0 Å². The van der Waals surface area contributed by atoms with E-state index >= 15 is 0 Å².